The standard InChI is InChI=1S/C7H11NO5/c9-6(5-8(12)13)3-1-2-4-7(10)11/h5,9H,1-4H2,(H,10,11). The summed E-state index contributed by atoms with van der Waals surface area (Å²) in [5, 5.41) is 26.9. The van der Waals surface area contributed by atoms with Crippen molar-refractivity contribution in [1.82, 2.24) is 0 Å². The van der Waals surface area contributed by atoms with E-state index < -0.39 is 10.9 Å². The lowest BCUT2D eigenvalue weighted by molar-refractivity contribution is -0.405. The summed E-state index contributed by atoms with van der Waals surface area (Å²) in [5.74, 6) is -1.23. The molecule has 0 amide bonds. The summed E-state index contributed by atoms with van der Waals surface area (Å²) in [5.41, 5.74) is 0. The van der Waals surface area contributed by atoms with Gasteiger partial charge < -0.3 is 10.2 Å². The second kappa shape index (κ2) is 5.99. The molecule has 0 saturated heterocycles. The van der Waals surface area contributed by atoms with Crippen LogP contribution in [0.2, 0.25) is 0 Å². The Hall–Kier alpha value is -1.59. The van der Waals surface area contributed by atoms with Gasteiger partial charge in [0.1, 0.15) is 0 Å². The molecule has 6 heteroatoms. The van der Waals surface area contributed by atoms with E-state index in [1.54, 1.807) is 0 Å². The van der Waals surface area contributed by atoms with E-state index in [-0.39, 0.29) is 18.6 Å². The number of carboxylic acids is 1. The first-order valence-electron chi connectivity index (χ1n) is 3.77. The second-order valence-corrected chi connectivity index (χ2v) is 2.51. The van der Waals surface area contributed by atoms with Crippen LogP contribution >= 0.6 is 0 Å². The minimum absolute atomic E-state index is 0.0196. The highest BCUT2D eigenvalue weighted by atomic mass is 16.6. The first kappa shape index (κ1) is 11.4. The summed E-state index contributed by atoms with van der Waals surface area (Å²) in [6, 6.07) is 0. The van der Waals surface area contributed by atoms with Crippen LogP contribution < -0.4 is 0 Å². The van der Waals surface area contributed by atoms with Gasteiger partial charge in [-0.3, -0.25) is 14.9 Å². The van der Waals surface area contributed by atoms with Crippen molar-refractivity contribution in [2.75, 3.05) is 0 Å². The summed E-state index contributed by atoms with van der Waals surface area (Å²) < 4.78 is 0. The zero-order valence-electron chi connectivity index (χ0n) is 6.97. The minimum atomic E-state index is -0.905. The molecule has 0 fully saturated rings. The predicted molar refractivity (Wildman–Crippen MR) is 43.8 cm³/mol. The van der Waals surface area contributed by atoms with Gasteiger partial charge in [0.05, 0.1) is 4.92 Å². The number of carbonyl (C=O) groups is 1. The number of aliphatic carboxylic acids is 1. The van der Waals surface area contributed by atoms with Gasteiger partial charge in [-0.1, -0.05) is 0 Å². The maximum atomic E-state index is 10.0. The van der Waals surface area contributed by atoms with E-state index in [1.165, 1.54) is 0 Å². The van der Waals surface area contributed by atoms with Crippen molar-refractivity contribution in [2.45, 2.75) is 25.7 Å². The number of hydrogen-bond donors (Lipinski definition) is 2. The van der Waals surface area contributed by atoms with Crippen molar-refractivity contribution >= 4 is 5.97 Å². The number of hydrogen-bond acceptors (Lipinski definition) is 4. The van der Waals surface area contributed by atoms with Crippen LogP contribution in [0.5, 0.6) is 0 Å². The first-order chi connectivity index (χ1) is 6.02. The molecular formula is C7H11NO5. The molecule has 74 valence electrons. The Bertz CT molecular complexity index is 223. The van der Waals surface area contributed by atoms with Crippen LogP contribution in [0.3, 0.4) is 0 Å². The zero-order chi connectivity index (χ0) is 10.3. The molecule has 0 spiro atoms. The SMILES string of the molecule is O=C(O)CCCCC(O)=C[N+](=O)[O-]. The van der Waals surface area contributed by atoms with Crippen LogP contribution in [0.25, 0.3) is 0 Å². The quantitative estimate of drug-likeness (QED) is 0.284. The monoisotopic (exact) mass is 189 g/mol. The Morgan fingerprint density at radius 3 is 2.31 bits per heavy atom. The van der Waals surface area contributed by atoms with Gasteiger partial charge in [-0.05, 0) is 12.8 Å². The van der Waals surface area contributed by atoms with Crippen molar-refractivity contribution < 1.29 is 19.9 Å². The predicted octanol–water partition coefficient (Wildman–Crippen LogP) is 1.31. The molecule has 0 atom stereocenters. The molecule has 0 aliphatic heterocycles. The van der Waals surface area contributed by atoms with Gasteiger partial charge in [-0.15, -0.1) is 0 Å². The first-order valence-corrected chi connectivity index (χ1v) is 3.77. The van der Waals surface area contributed by atoms with Crippen molar-refractivity contribution in [3.05, 3.63) is 22.1 Å². The highest BCUT2D eigenvalue weighted by Crippen LogP contribution is 2.05. The zero-order valence-corrected chi connectivity index (χ0v) is 6.97. The number of carboxylic acid groups (broad SMARTS) is 1. The van der Waals surface area contributed by atoms with Gasteiger partial charge in [0.25, 0.3) is 6.20 Å². The molecule has 0 aliphatic carbocycles. The Balaban J connectivity index is 3.53. The van der Waals surface area contributed by atoms with Gasteiger partial charge in [0.15, 0.2) is 5.76 Å². The van der Waals surface area contributed by atoms with E-state index in [1.807, 2.05) is 0 Å². The normalized spacial score (nSPS) is 11.2. The van der Waals surface area contributed by atoms with Crippen LogP contribution in [0.1, 0.15) is 25.7 Å². The number of aliphatic hydroxyl groups excluding tert-OH is 1. The largest absolute Gasteiger partial charge is 0.506 e. The average Bonchev–Trinajstić information content (AvgIpc) is 1.96. The topological polar surface area (TPSA) is 101 Å². The number of aliphatic hydroxyl groups is 1. The summed E-state index contributed by atoms with van der Waals surface area (Å²) in [4.78, 5) is 19.1. The molecule has 0 heterocycles. The minimum Gasteiger partial charge on any atom is -0.506 e. The third-order valence-electron chi connectivity index (χ3n) is 1.33. The summed E-state index contributed by atoms with van der Waals surface area (Å²) >= 11 is 0. The molecule has 0 saturated carbocycles. The van der Waals surface area contributed by atoms with Gasteiger partial charge >= 0.3 is 5.97 Å². The van der Waals surface area contributed by atoms with Gasteiger partial charge in [0.2, 0.25) is 0 Å². The molecule has 6 nitrogen and oxygen atoms in total. The highest BCUT2D eigenvalue weighted by Gasteiger charge is 2.01. The molecule has 13 heavy (non-hydrogen) atoms. The Morgan fingerprint density at radius 2 is 1.85 bits per heavy atom. The van der Waals surface area contributed by atoms with Crippen LogP contribution in [-0.4, -0.2) is 21.1 Å². The third kappa shape index (κ3) is 8.32. The fraction of sp³-hybridized carbons (Fsp3) is 0.571. The van der Waals surface area contributed by atoms with E-state index in [0.29, 0.717) is 19.0 Å². The summed E-state index contributed by atoms with van der Waals surface area (Å²) in [6.45, 7) is 0. The molecule has 0 aromatic carbocycles. The highest BCUT2D eigenvalue weighted by molar-refractivity contribution is 5.66. The molecule has 0 aromatic heterocycles. The molecule has 0 unspecified atom stereocenters. The van der Waals surface area contributed by atoms with Crippen LogP contribution in [0.4, 0.5) is 0 Å². The van der Waals surface area contributed by atoms with E-state index in [4.69, 9.17) is 10.2 Å². The van der Waals surface area contributed by atoms with Crippen LogP contribution in [-0.2, 0) is 4.79 Å². The van der Waals surface area contributed by atoms with E-state index >= 15 is 0 Å². The number of nitro groups is 1. The lowest BCUT2D eigenvalue weighted by Gasteiger charge is -1.95. The second-order valence-electron chi connectivity index (χ2n) is 2.51. The van der Waals surface area contributed by atoms with E-state index in [2.05, 4.69) is 0 Å². The van der Waals surface area contributed by atoms with Crippen molar-refractivity contribution in [1.29, 1.82) is 0 Å². The number of unbranched alkanes of at least 4 members (excludes halogenated alkanes) is 1. The maximum absolute atomic E-state index is 10.0. The summed E-state index contributed by atoms with van der Waals surface area (Å²) in [7, 11) is 0. The Labute approximate surface area is 74.6 Å². The molecular weight excluding hydrogens is 178 g/mol. The lowest BCUT2D eigenvalue weighted by atomic mass is 10.2. The average molecular weight is 189 g/mol. The number of nitrogens with zero attached hydrogens (tertiary/aromatic N) is 1. The van der Waals surface area contributed by atoms with Crippen LogP contribution in [0.15, 0.2) is 12.0 Å². The molecule has 0 bridgehead atoms. The molecule has 0 rings (SSSR count). The maximum Gasteiger partial charge on any atom is 0.303 e. The molecule has 0 radical (unpaired) electrons. The number of allylic oxidation sites excluding steroid dienone is 1. The smallest absolute Gasteiger partial charge is 0.303 e. The molecule has 0 aliphatic rings. The van der Waals surface area contributed by atoms with Gasteiger partial charge in [0, 0.05) is 12.8 Å². The summed E-state index contributed by atoms with van der Waals surface area (Å²) in [6.07, 6.45) is 1.52. The van der Waals surface area contributed by atoms with E-state index in [9.17, 15) is 14.9 Å². The van der Waals surface area contributed by atoms with Crippen LogP contribution in [0, 0.1) is 10.1 Å². The lowest BCUT2D eigenvalue weighted by Crippen LogP contribution is -1.95. The Morgan fingerprint density at radius 1 is 1.31 bits per heavy atom. The molecule has 2 N–H and O–H groups in total. The van der Waals surface area contributed by atoms with Crippen molar-refractivity contribution in [3.63, 3.8) is 0 Å². The fourth-order valence-corrected chi connectivity index (χ4v) is 0.769. The van der Waals surface area contributed by atoms with Gasteiger partial charge in [-0.25, -0.2) is 0 Å². The van der Waals surface area contributed by atoms with Gasteiger partial charge in [-0.2, -0.15) is 0 Å². The van der Waals surface area contributed by atoms with Crippen molar-refractivity contribution in [3.8, 4) is 0 Å². The van der Waals surface area contributed by atoms with E-state index in [0.717, 1.165) is 0 Å². The van der Waals surface area contributed by atoms with Crippen molar-refractivity contribution in [2.24, 2.45) is 0 Å². The fourth-order valence-electron chi connectivity index (χ4n) is 0.769. The third-order valence-corrected chi connectivity index (χ3v) is 1.33. The Kier molecular flexibility index (Phi) is 5.25. The molecule has 0 aromatic rings. The number of rotatable bonds is 6.